The molecule has 1 aliphatic rings. The molecule has 0 bridgehead atoms. The molecule has 28 heavy (non-hydrogen) atoms. The Balaban J connectivity index is 1.50. The van der Waals surface area contributed by atoms with Gasteiger partial charge >= 0.3 is 0 Å². The van der Waals surface area contributed by atoms with E-state index in [0.29, 0.717) is 22.3 Å². The highest BCUT2D eigenvalue weighted by Gasteiger charge is 2.23. The molecule has 0 unspecified atom stereocenters. The van der Waals surface area contributed by atoms with E-state index in [4.69, 9.17) is 14.0 Å². The summed E-state index contributed by atoms with van der Waals surface area (Å²) in [5, 5.41) is 5.48. The number of aryl methyl sites for hydroxylation is 1. The first-order valence-corrected chi connectivity index (χ1v) is 11.4. The summed E-state index contributed by atoms with van der Waals surface area (Å²) in [5.41, 5.74) is 1.51. The zero-order chi connectivity index (χ0) is 19.7. The number of allylic oxidation sites excluding steroid dienone is 1. The summed E-state index contributed by atoms with van der Waals surface area (Å²) < 4.78 is 44.1. The van der Waals surface area contributed by atoms with Crippen LogP contribution in [0.15, 0.2) is 49.6 Å². The lowest BCUT2D eigenvalue weighted by molar-refractivity contribution is 0.174. The summed E-state index contributed by atoms with van der Waals surface area (Å²) in [7, 11) is -3.79. The largest absolute Gasteiger partial charge is 0.454 e. The monoisotopic (exact) mass is 482 g/mol. The maximum atomic E-state index is 12.7. The molecule has 0 fully saturated rings. The summed E-state index contributed by atoms with van der Waals surface area (Å²) in [5.74, 6) is 1.49. The van der Waals surface area contributed by atoms with Gasteiger partial charge in [0.2, 0.25) is 6.79 Å². The lowest BCUT2D eigenvalue weighted by Crippen LogP contribution is -2.13. The van der Waals surface area contributed by atoms with Gasteiger partial charge in [-0.2, -0.15) is 0 Å². The van der Waals surface area contributed by atoms with Crippen LogP contribution in [-0.4, -0.2) is 20.4 Å². The van der Waals surface area contributed by atoms with Gasteiger partial charge in [-0.25, -0.2) is 13.1 Å². The van der Waals surface area contributed by atoms with Crippen LogP contribution in [0.3, 0.4) is 0 Å². The number of ether oxygens (including phenoxy) is 2. The molecule has 1 aliphatic heterocycles. The number of halogens is 1. The molecule has 146 valence electrons. The molecule has 0 aliphatic carbocycles. The van der Waals surface area contributed by atoms with E-state index in [0.717, 1.165) is 16.2 Å². The van der Waals surface area contributed by atoms with Crippen LogP contribution < -0.4 is 14.2 Å². The Bertz CT molecular complexity index is 1150. The molecule has 0 amide bonds. The smallest absolute Gasteiger partial charge is 0.265 e. The fourth-order valence-corrected chi connectivity index (χ4v) is 5.44. The number of thiophene rings is 1. The quantitative estimate of drug-likeness (QED) is 0.552. The van der Waals surface area contributed by atoms with Gasteiger partial charge in [-0.05, 0) is 52.0 Å². The normalized spacial score (nSPS) is 13.4. The SMILES string of the molecule is Cc1noc(NS(=O)(=O)c2ccsc2C/C=C/c2ccc3c(c2)OCO3)c1Br. The zero-order valence-electron chi connectivity index (χ0n) is 14.6. The predicted molar refractivity (Wildman–Crippen MR) is 109 cm³/mol. The predicted octanol–water partition coefficient (Wildman–Crippen LogP) is 4.59. The summed E-state index contributed by atoms with van der Waals surface area (Å²) in [6.45, 7) is 1.94. The highest BCUT2D eigenvalue weighted by atomic mass is 79.9. The minimum atomic E-state index is -3.79. The van der Waals surface area contributed by atoms with Gasteiger partial charge in [-0.15, -0.1) is 11.3 Å². The zero-order valence-corrected chi connectivity index (χ0v) is 17.9. The van der Waals surface area contributed by atoms with Crippen molar-refractivity contribution in [2.75, 3.05) is 11.5 Å². The molecule has 2 aromatic heterocycles. The van der Waals surface area contributed by atoms with E-state index in [-0.39, 0.29) is 17.6 Å². The molecule has 4 rings (SSSR count). The van der Waals surface area contributed by atoms with Crippen molar-refractivity contribution in [2.24, 2.45) is 0 Å². The fourth-order valence-electron chi connectivity index (χ4n) is 2.63. The van der Waals surface area contributed by atoms with Gasteiger partial charge < -0.3 is 14.0 Å². The average Bonchev–Trinajstić information content (AvgIpc) is 3.38. The molecular formula is C18H15BrN2O5S2. The van der Waals surface area contributed by atoms with Crippen molar-refractivity contribution in [3.63, 3.8) is 0 Å². The Morgan fingerprint density at radius 3 is 2.89 bits per heavy atom. The lowest BCUT2D eigenvalue weighted by atomic mass is 10.1. The van der Waals surface area contributed by atoms with E-state index in [1.54, 1.807) is 18.4 Å². The topological polar surface area (TPSA) is 90.7 Å². The summed E-state index contributed by atoms with van der Waals surface area (Å²) >= 11 is 4.64. The van der Waals surface area contributed by atoms with E-state index < -0.39 is 10.0 Å². The van der Waals surface area contributed by atoms with Crippen molar-refractivity contribution in [3.05, 3.63) is 56.3 Å². The van der Waals surface area contributed by atoms with Gasteiger partial charge in [0.05, 0.1) is 5.69 Å². The number of anilines is 1. The first-order valence-electron chi connectivity index (χ1n) is 8.21. The number of hydrogen-bond donors (Lipinski definition) is 1. The summed E-state index contributed by atoms with van der Waals surface area (Å²) in [6, 6.07) is 7.23. The fraction of sp³-hybridized carbons (Fsp3) is 0.167. The first kappa shape index (κ1) is 19.0. The molecule has 0 spiro atoms. The second-order valence-corrected chi connectivity index (χ2v) is 9.39. The van der Waals surface area contributed by atoms with Crippen LogP contribution in [0.1, 0.15) is 16.1 Å². The molecule has 10 heteroatoms. The van der Waals surface area contributed by atoms with E-state index >= 15 is 0 Å². The molecule has 1 aromatic carbocycles. The molecule has 0 saturated carbocycles. The molecule has 1 N–H and O–H groups in total. The number of nitrogens with one attached hydrogen (secondary N) is 1. The summed E-state index contributed by atoms with van der Waals surface area (Å²) in [4.78, 5) is 0.936. The third-order valence-electron chi connectivity index (χ3n) is 4.02. The van der Waals surface area contributed by atoms with Crippen LogP contribution in [0.5, 0.6) is 11.5 Å². The Morgan fingerprint density at radius 2 is 2.11 bits per heavy atom. The molecule has 3 heterocycles. The third-order valence-corrected chi connectivity index (χ3v) is 7.44. The number of fused-ring (bicyclic) bond motifs is 1. The Kier molecular flexibility index (Phi) is 5.17. The standard InChI is InChI=1S/C18H15BrN2O5S2/c1-11-17(19)18(26-20-11)21-28(22,23)16-7-8-27-15(16)4-2-3-12-5-6-13-14(9-12)25-10-24-13/h2-3,5-9,21H,4,10H2,1H3/b3-2+. The minimum Gasteiger partial charge on any atom is -0.454 e. The van der Waals surface area contributed by atoms with Crippen molar-refractivity contribution < 1.29 is 22.4 Å². The second kappa shape index (κ2) is 7.61. The molecule has 3 aromatic rings. The minimum absolute atomic E-state index is 0.0607. The van der Waals surface area contributed by atoms with Crippen molar-refractivity contribution >= 4 is 49.3 Å². The van der Waals surface area contributed by atoms with E-state index in [9.17, 15) is 8.42 Å². The number of aromatic nitrogens is 1. The van der Waals surface area contributed by atoms with Crippen molar-refractivity contribution in [1.29, 1.82) is 0 Å². The number of benzene rings is 1. The molecule has 0 saturated heterocycles. The van der Waals surface area contributed by atoms with E-state index in [2.05, 4.69) is 25.8 Å². The molecular weight excluding hydrogens is 468 g/mol. The van der Waals surface area contributed by atoms with Crippen molar-refractivity contribution in [3.8, 4) is 11.5 Å². The van der Waals surface area contributed by atoms with E-state index in [1.807, 2.05) is 30.4 Å². The maximum absolute atomic E-state index is 12.7. The Labute approximate surface area is 174 Å². The van der Waals surface area contributed by atoms with Crippen LogP contribution in [0.25, 0.3) is 6.08 Å². The van der Waals surface area contributed by atoms with Crippen LogP contribution in [0, 0.1) is 6.92 Å². The van der Waals surface area contributed by atoms with Gasteiger partial charge in [0, 0.05) is 11.3 Å². The highest BCUT2D eigenvalue weighted by Crippen LogP contribution is 2.33. The van der Waals surface area contributed by atoms with Gasteiger partial charge in [0.1, 0.15) is 9.37 Å². The van der Waals surface area contributed by atoms with Gasteiger partial charge in [0.25, 0.3) is 15.9 Å². The number of sulfonamides is 1. The van der Waals surface area contributed by atoms with Crippen LogP contribution in [0.4, 0.5) is 5.88 Å². The van der Waals surface area contributed by atoms with Crippen molar-refractivity contribution in [2.45, 2.75) is 18.2 Å². The molecule has 0 atom stereocenters. The number of nitrogens with zero attached hydrogens (tertiary/aromatic N) is 1. The lowest BCUT2D eigenvalue weighted by Gasteiger charge is -2.05. The molecule has 7 nitrogen and oxygen atoms in total. The van der Waals surface area contributed by atoms with Gasteiger partial charge in [0.15, 0.2) is 11.5 Å². The number of rotatable bonds is 6. The highest BCUT2D eigenvalue weighted by molar-refractivity contribution is 9.10. The second-order valence-electron chi connectivity index (χ2n) is 5.94. The Hall–Kier alpha value is -2.30. The van der Waals surface area contributed by atoms with Crippen LogP contribution >= 0.6 is 27.3 Å². The molecule has 0 radical (unpaired) electrons. The average molecular weight is 483 g/mol. The van der Waals surface area contributed by atoms with Crippen LogP contribution in [0.2, 0.25) is 0 Å². The van der Waals surface area contributed by atoms with E-state index in [1.165, 1.54) is 11.3 Å². The van der Waals surface area contributed by atoms with Crippen LogP contribution in [-0.2, 0) is 16.4 Å². The Morgan fingerprint density at radius 1 is 1.29 bits per heavy atom. The van der Waals surface area contributed by atoms with Gasteiger partial charge in [-0.3, -0.25) is 0 Å². The van der Waals surface area contributed by atoms with Crippen molar-refractivity contribution in [1.82, 2.24) is 5.16 Å². The first-order chi connectivity index (χ1) is 13.4. The summed E-state index contributed by atoms with van der Waals surface area (Å²) in [6.07, 6.45) is 4.30. The number of hydrogen-bond acceptors (Lipinski definition) is 7. The van der Waals surface area contributed by atoms with Gasteiger partial charge in [-0.1, -0.05) is 23.4 Å². The maximum Gasteiger partial charge on any atom is 0.265 e. The third kappa shape index (κ3) is 3.80.